The Morgan fingerprint density at radius 2 is 1.89 bits per heavy atom. The number of nitrogens with one attached hydrogen (secondary N) is 3. The minimum Gasteiger partial charge on any atom is -0.444 e. The van der Waals surface area contributed by atoms with Crippen molar-refractivity contribution in [1.82, 2.24) is 20.3 Å². The fourth-order valence-corrected chi connectivity index (χ4v) is 5.32. The second-order valence-corrected chi connectivity index (χ2v) is 10.6. The molecule has 35 heavy (non-hydrogen) atoms. The Labute approximate surface area is 207 Å². The predicted octanol–water partition coefficient (Wildman–Crippen LogP) is 4.49. The van der Waals surface area contributed by atoms with Crippen LogP contribution in [-0.4, -0.2) is 39.2 Å². The van der Waals surface area contributed by atoms with Crippen LogP contribution >= 0.6 is 0 Å². The standard InChI is InChI=1S/C26H35N7O2/c1-26(2,3)35-25(34)32-22-19-5-4-6-20(22)12-18(11-19)15-29-23-21(13-27)16-31-24(33-23)30-14-17-7-9-28-10-8-17/h7-10,16,18-20,22H,4-6,11-12,14-15H2,1-3H3,(H,32,34)(H2,29,30,31,33)/t18?,19-,20+,22?. The number of carbonyl (C=O) groups is 1. The summed E-state index contributed by atoms with van der Waals surface area (Å²) in [7, 11) is 0. The highest BCUT2D eigenvalue weighted by Crippen LogP contribution is 2.43. The molecule has 186 valence electrons. The molecule has 3 N–H and O–H groups in total. The van der Waals surface area contributed by atoms with Crippen LogP contribution in [0.25, 0.3) is 0 Å². The number of anilines is 2. The zero-order valence-electron chi connectivity index (χ0n) is 20.8. The summed E-state index contributed by atoms with van der Waals surface area (Å²) >= 11 is 0. The minimum absolute atomic E-state index is 0.174. The average Bonchev–Trinajstić information content (AvgIpc) is 2.81. The molecular formula is C26H35N7O2. The molecule has 0 aromatic carbocycles. The van der Waals surface area contributed by atoms with Gasteiger partial charge in [-0.3, -0.25) is 4.98 Å². The Morgan fingerprint density at radius 3 is 2.54 bits per heavy atom. The number of alkyl carbamates (subject to hydrolysis) is 1. The highest BCUT2D eigenvalue weighted by atomic mass is 16.6. The van der Waals surface area contributed by atoms with Crippen LogP contribution in [-0.2, 0) is 11.3 Å². The first-order valence-electron chi connectivity index (χ1n) is 12.4. The van der Waals surface area contributed by atoms with Crippen LogP contribution in [0.1, 0.15) is 64.0 Å². The van der Waals surface area contributed by atoms with Gasteiger partial charge in [-0.05, 0) is 81.9 Å². The summed E-state index contributed by atoms with van der Waals surface area (Å²) in [5, 5.41) is 19.3. The third-order valence-corrected chi connectivity index (χ3v) is 6.79. The van der Waals surface area contributed by atoms with Gasteiger partial charge in [-0.25, -0.2) is 9.78 Å². The molecule has 2 saturated carbocycles. The Hall–Kier alpha value is -3.41. The quantitative estimate of drug-likeness (QED) is 0.533. The normalized spacial score (nSPS) is 23.6. The first-order chi connectivity index (χ1) is 16.8. The molecule has 2 aliphatic rings. The van der Waals surface area contributed by atoms with Crippen molar-refractivity contribution in [2.75, 3.05) is 17.2 Å². The number of amides is 1. The highest BCUT2D eigenvalue weighted by molar-refractivity contribution is 5.68. The third-order valence-electron chi connectivity index (χ3n) is 6.79. The molecular weight excluding hydrogens is 442 g/mol. The minimum atomic E-state index is -0.498. The van der Waals surface area contributed by atoms with E-state index in [4.69, 9.17) is 4.74 Å². The second-order valence-electron chi connectivity index (χ2n) is 10.6. The predicted molar refractivity (Wildman–Crippen MR) is 134 cm³/mol. The SMILES string of the molecule is CC(C)(C)OC(=O)NC1[C@@H]2CCC[C@H]1CC(CNc1nc(NCc3ccncc3)ncc1C#N)C2. The molecule has 2 fully saturated rings. The van der Waals surface area contributed by atoms with E-state index in [1.165, 1.54) is 6.42 Å². The highest BCUT2D eigenvalue weighted by Gasteiger charge is 2.41. The molecule has 1 amide bonds. The van der Waals surface area contributed by atoms with Gasteiger partial charge in [0.15, 0.2) is 0 Å². The maximum atomic E-state index is 12.4. The molecule has 9 heteroatoms. The lowest BCUT2D eigenvalue weighted by molar-refractivity contribution is 0.0324. The lowest BCUT2D eigenvalue weighted by atomic mass is 9.64. The molecule has 2 aromatic heterocycles. The largest absolute Gasteiger partial charge is 0.444 e. The van der Waals surface area contributed by atoms with Gasteiger partial charge in [0.1, 0.15) is 23.1 Å². The number of nitrogens with zero attached hydrogens (tertiary/aromatic N) is 4. The molecule has 2 aliphatic carbocycles. The fraction of sp³-hybridized carbons (Fsp3) is 0.577. The number of hydrogen-bond donors (Lipinski definition) is 3. The average molecular weight is 478 g/mol. The number of aromatic nitrogens is 3. The van der Waals surface area contributed by atoms with E-state index in [1.807, 2.05) is 32.9 Å². The molecule has 0 saturated heterocycles. The van der Waals surface area contributed by atoms with E-state index in [1.54, 1.807) is 18.6 Å². The van der Waals surface area contributed by atoms with Crippen molar-refractivity contribution in [2.24, 2.45) is 17.8 Å². The molecule has 2 unspecified atom stereocenters. The van der Waals surface area contributed by atoms with Crippen LogP contribution in [0.5, 0.6) is 0 Å². The zero-order valence-corrected chi connectivity index (χ0v) is 20.8. The molecule has 4 rings (SSSR count). The van der Waals surface area contributed by atoms with Gasteiger partial charge < -0.3 is 20.7 Å². The molecule has 2 aromatic rings. The summed E-state index contributed by atoms with van der Waals surface area (Å²) < 4.78 is 5.51. The first kappa shape index (κ1) is 24.7. The lowest BCUT2D eigenvalue weighted by Crippen LogP contribution is -2.52. The van der Waals surface area contributed by atoms with Crippen molar-refractivity contribution in [3.63, 3.8) is 0 Å². The van der Waals surface area contributed by atoms with Gasteiger partial charge >= 0.3 is 6.09 Å². The number of ether oxygens (including phenoxy) is 1. The summed E-state index contributed by atoms with van der Waals surface area (Å²) in [5.74, 6) is 2.38. The van der Waals surface area contributed by atoms with Crippen LogP contribution in [0, 0.1) is 29.1 Å². The topological polar surface area (TPSA) is 125 Å². The van der Waals surface area contributed by atoms with Crippen molar-refractivity contribution in [2.45, 2.75) is 71.1 Å². The molecule has 0 spiro atoms. The number of pyridine rings is 1. The number of fused-ring (bicyclic) bond motifs is 2. The van der Waals surface area contributed by atoms with E-state index in [0.717, 1.165) is 37.8 Å². The van der Waals surface area contributed by atoms with Gasteiger partial charge in [-0.1, -0.05) is 6.42 Å². The molecule has 2 heterocycles. The number of nitriles is 1. The summed E-state index contributed by atoms with van der Waals surface area (Å²) in [6.45, 7) is 6.98. The van der Waals surface area contributed by atoms with Crippen LogP contribution < -0.4 is 16.0 Å². The smallest absolute Gasteiger partial charge is 0.407 e. The van der Waals surface area contributed by atoms with Crippen molar-refractivity contribution in [3.8, 4) is 6.07 Å². The lowest BCUT2D eigenvalue weighted by Gasteiger charge is -2.46. The van der Waals surface area contributed by atoms with E-state index < -0.39 is 5.60 Å². The van der Waals surface area contributed by atoms with Crippen LogP contribution in [0.2, 0.25) is 0 Å². The van der Waals surface area contributed by atoms with Gasteiger partial charge in [0.2, 0.25) is 5.95 Å². The van der Waals surface area contributed by atoms with E-state index in [2.05, 4.69) is 37.0 Å². The third kappa shape index (κ3) is 6.81. The molecule has 0 radical (unpaired) electrons. The van der Waals surface area contributed by atoms with Gasteiger partial charge in [-0.15, -0.1) is 0 Å². The van der Waals surface area contributed by atoms with E-state index in [0.29, 0.717) is 41.6 Å². The summed E-state index contributed by atoms with van der Waals surface area (Å²) in [6.07, 6.45) is 10.2. The zero-order chi connectivity index (χ0) is 24.8. The Bertz CT molecular complexity index is 1030. The summed E-state index contributed by atoms with van der Waals surface area (Å²) in [4.78, 5) is 25.3. The second kappa shape index (κ2) is 10.9. The van der Waals surface area contributed by atoms with Gasteiger partial charge in [0.25, 0.3) is 0 Å². The number of carbonyl (C=O) groups excluding carboxylic acids is 1. The van der Waals surface area contributed by atoms with Crippen molar-refractivity contribution < 1.29 is 9.53 Å². The fourth-order valence-electron chi connectivity index (χ4n) is 5.32. The Balaban J connectivity index is 1.35. The number of rotatable bonds is 7. The Morgan fingerprint density at radius 1 is 1.17 bits per heavy atom. The summed E-state index contributed by atoms with van der Waals surface area (Å²) in [5.41, 5.74) is 1.01. The molecule has 0 aliphatic heterocycles. The molecule has 4 atom stereocenters. The van der Waals surface area contributed by atoms with Crippen molar-refractivity contribution in [3.05, 3.63) is 41.9 Å². The molecule has 9 nitrogen and oxygen atoms in total. The van der Waals surface area contributed by atoms with Crippen LogP contribution in [0.3, 0.4) is 0 Å². The maximum absolute atomic E-state index is 12.4. The van der Waals surface area contributed by atoms with Gasteiger partial charge in [0, 0.05) is 31.5 Å². The van der Waals surface area contributed by atoms with Crippen molar-refractivity contribution in [1.29, 1.82) is 5.26 Å². The molecule has 2 bridgehead atoms. The van der Waals surface area contributed by atoms with Gasteiger partial charge in [-0.2, -0.15) is 10.2 Å². The van der Waals surface area contributed by atoms with E-state index in [9.17, 15) is 10.1 Å². The van der Waals surface area contributed by atoms with E-state index in [-0.39, 0.29) is 12.1 Å². The monoisotopic (exact) mass is 477 g/mol. The Kier molecular flexibility index (Phi) is 7.69. The van der Waals surface area contributed by atoms with E-state index >= 15 is 0 Å². The van der Waals surface area contributed by atoms with Crippen molar-refractivity contribution >= 4 is 17.9 Å². The van der Waals surface area contributed by atoms with Crippen LogP contribution in [0.4, 0.5) is 16.6 Å². The van der Waals surface area contributed by atoms with Crippen LogP contribution in [0.15, 0.2) is 30.7 Å². The first-order valence-corrected chi connectivity index (χ1v) is 12.4. The summed E-state index contributed by atoms with van der Waals surface area (Å²) in [6, 6.07) is 6.22. The van der Waals surface area contributed by atoms with Gasteiger partial charge in [0.05, 0.1) is 6.20 Å². The number of hydrogen-bond acceptors (Lipinski definition) is 8. The maximum Gasteiger partial charge on any atom is 0.407 e.